The molecule has 5 heteroatoms. The van der Waals surface area contributed by atoms with Gasteiger partial charge in [0.1, 0.15) is 17.5 Å². The van der Waals surface area contributed by atoms with Crippen LogP contribution >= 0.6 is 11.6 Å². The Morgan fingerprint density at radius 3 is 2.52 bits per heavy atom. The van der Waals surface area contributed by atoms with Gasteiger partial charge in [-0.15, -0.1) is 0 Å². The quantitative estimate of drug-likeness (QED) is 0.423. The SMILES string of the molecule is Cc1c(Cl)cccc1NC(=O)/C(C#N)=C/c1ccc(Cc2ccccc2F)cc1. The molecular weight excluding hydrogens is 387 g/mol. The Kier molecular flexibility index (Phi) is 6.43. The van der Waals surface area contributed by atoms with Gasteiger partial charge in [0.05, 0.1) is 0 Å². The van der Waals surface area contributed by atoms with Gasteiger partial charge in [-0.2, -0.15) is 5.26 Å². The average Bonchev–Trinajstić information content (AvgIpc) is 2.72. The first-order valence-corrected chi connectivity index (χ1v) is 9.36. The maximum absolute atomic E-state index is 13.8. The number of nitrogens with zero attached hydrogens (tertiary/aromatic N) is 1. The normalized spacial score (nSPS) is 11.0. The molecule has 1 N–H and O–H groups in total. The number of carbonyl (C=O) groups excluding carboxylic acids is 1. The Labute approximate surface area is 174 Å². The fraction of sp³-hybridized carbons (Fsp3) is 0.0833. The van der Waals surface area contributed by atoms with Crippen LogP contribution in [-0.2, 0) is 11.2 Å². The second-order valence-corrected chi connectivity index (χ2v) is 6.95. The second-order valence-electron chi connectivity index (χ2n) is 6.55. The molecule has 3 nitrogen and oxygen atoms in total. The van der Waals surface area contributed by atoms with E-state index in [2.05, 4.69) is 5.32 Å². The predicted octanol–water partition coefficient (Wildman–Crippen LogP) is 5.92. The second kappa shape index (κ2) is 9.18. The lowest BCUT2D eigenvalue weighted by Crippen LogP contribution is -2.14. The summed E-state index contributed by atoms with van der Waals surface area (Å²) in [5, 5.41) is 12.6. The van der Waals surface area contributed by atoms with Gasteiger partial charge in [0.15, 0.2) is 0 Å². The summed E-state index contributed by atoms with van der Waals surface area (Å²) in [7, 11) is 0. The molecule has 0 saturated carbocycles. The van der Waals surface area contributed by atoms with Gasteiger partial charge in [-0.25, -0.2) is 4.39 Å². The minimum Gasteiger partial charge on any atom is -0.321 e. The molecule has 0 aliphatic rings. The molecule has 0 radical (unpaired) electrons. The lowest BCUT2D eigenvalue weighted by Gasteiger charge is -2.09. The first kappa shape index (κ1) is 20.3. The molecule has 1 amide bonds. The third-order valence-corrected chi connectivity index (χ3v) is 4.93. The standard InChI is InChI=1S/C24H18ClFN2O/c1-16-21(25)6-4-8-23(16)28-24(29)20(15-27)14-18-11-9-17(10-12-18)13-19-5-2-3-7-22(19)26/h2-12,14H,13H2,1H3,(H,28,29)/b20-14+. The van der Waals surface area contributed by atoms with Crippen LogP contribution in [-0.4, -0.2) is 5.91 Å². The summed E-state index contributed by atoms with van der Waals surface area (Å²) in [6, 6.07) is 21.1. The van der Waals surface area contributed by atoms with Gasteiger partial charge in [-0.1, -0.05) is 60.1 Å². The van der Waals surface area contributed by atoms with E-state index in [1.807, 2.05) is 18.2 Å². The molecule has 144 valence electrons. The van der Waals surface area contributed by atoms with Crippen LogP contribution in [0.5, 0.6) is 0 Å². The van der Waals surface area contributed by atoms with Crippen molar-refractivity contribution in [2.75, 3.05) is 5.32 Å². The van der Waals surface area contributed by atoms with Crippen molar-refractivity contribution < 1.29 is 9.18 Å². The Morgan fingerprint density at radius 1 is 1.10 bits per heavy atom. The molecule has 0 aromatic heterocycles. The smallest absolute Gasteiger partial charge is 0.266 e. The van der Waals surface area contributed by atoms with Crippen molar-refractivity contribution in [2.24, 2.45) is 0 Å². The molecule has 0 atom stereocenters. The molecule has 29 heavy (non-hydrogen) atoms. The minimum absolute atomic E-state index is 0.0220. The van der Waals surface area contributed by atoms with Gasteiger partial charge in [-0.3, -0.25) is 4.79 Å². The first-order valence-electron chi connectivity index (χ1n) is 8.98. The first-order chi connectivity index (χ1) is 14.0. The highest BCUT2D eigenvalue weighted by Gasteiger charge is 2.12. The van der Waals surface area contributed by atoms with E-state index in [9.17, 15) is 14.4 Å². The van der Waals surface area contributed by atoms with Gasteiger partial charge < -0.3 is 5.32 Å². The van der Waals surface area contributed by atoms with E-state index >= 15 is 0 Å². The van der Waals surface area contributed by atoms with Gasteiger partial charge >= 0.3 is 0 Å². The third-order valence-electron chi connectivity index (χ3n) is 4.52. The van der Waals surface area contributed by atoms with Crippen molar-refractivity contribution in [1.82, 2.24) is 0 Å². The molecule has 0 unspecified atom stereocenters. The summed E-state index contributed by atoms with van der Waals surface area (Å²) in [5.74, 6) is -0.746. The zero-order valence-corrected chi connectivity index (χ0v) is 16.5. The molecule has 0 aliphatic carbocycles. The van der Waals surface area contributed by atoms with E-state index in [0.29, 0.717) is 28.3 Å². The number of anilines is 1. The number of halogens is 2. The topological polar surface area (TPSA) is 52.9 Å². The van der Waals surface area contributed by atoms with Crippen LogP contribution in [0, 0.1) is 24.1 Å². The number of rotatable bonds is 5. The Bertz CT molecular complexity index is 1110. The molecule has 3 aromatic rings. The van der Waals surface area contributed by atoms with Gasteiger partial charge in [0.25, 0.3) is 5.91 Å². The molecule has 0 saturated heterocycles. The highest BCUT2D eigenvalue weighted by atomic mass is 35.5. The highest BCUT2D eigenvalue weighted by Crippen LogP contribution is 2.23. The number of carbonyl (C=O) groups is 1. The monoisotopic (exact) mass is 404 g/mol. The van der Waals surface area contributed by atoms with Crippen molar-refractivity contribution in [2.45, 2.75) is 13.3 Å². The van der Waals surface area contributed by atoms with Crippen molar-refractivity contribution in [3.05, 3.63) is 105 Å². The van der Waals surface area contributed by atoms with Crippen LogP contribution in [0.15, 0.2) is 72.3 Å². The minimum atomic E-state index is -0.506. The summed E-state index contributed by atoms with van der Waals surface area (Å²) >= 11 is 6.07. The molecule has 3 rings (SSSR count). The van der Waals surface area contributed by atoms with E-state index < -0.39 is 5.91 Å². The lowest BCUT2D eigenvalue weighted by atomic mass is 10.0. The molecule has 0 spiro atoms. The van der Waals surface area contributed by atoms with Crippen LogP contribution in [0.4, 0.5) is 10.1 Å². The van der Waals surface area contributed by atoms with Gasteiger partial charge in [0.2, 0.25) is 0 Å². The Hall–Kier alpha value is -3.42. The van der Waals surface area contributed by atoms with Gasteiger partial charge in [-0.05, 0) is 53.5 Å². The number of nitriles is 1. The molecular formula is C24H18ClFN2O. The summed E-state index contributed by atoms with van der Waals surface area (Å²) in [5.41, 5.74) is 3.53. The molecule has 0 fully saturated rings. The van der Waals surface area contributed by atoms with Crippen molar-refractivity contribution in [3.63, 3.8) is 0 Å². The number of hydrogen-bond donors (Lipinski definition) is 1. The molecule has 0 heterocycles. The Morgan fingerprint density at radius 2 is 1.83 bits per heavy atom. The van der Waals surface area contributed by atoms with Crippen LogP contribution in [0.3, 0.4) is 0 Å². The van der Waals surface area contributed by atoms with E-state index in [4.69, 9.17) is 11.6 Å². The largest absolute Gasteiger partial charge is 0.321 e. The number of nitrogens with one attached hydrogen (secondary N) is 1. The lowest BCUT2D eigenvalue weighted by molar-refractivity contribution is -0.112. The molecule has 3 aromatic carbocycles. The van der Waals surface area contributed by atoms with E-state index in [0.717, 1.165) is 11.1 Å². The molecule has 0 aliphatic heterocycles. The number of hydrogen-bond acceptors (Lipinski definition) is 2. The number of benzene rings is 3. The Balaban J connectivity index is 1.75. The van der Waals surface area contributed by atoms with Gasteiger partial charge in [0, 0.05) is 17.1 Å². The fourth-order valence-electron chi connectivity index (χ4n) is 2.84. The zero-order valence-electron chi connectivity index (χ0n) is 15.7. The average molecular weight is 405 g/mol. The fourth-order valence-corrected chi connectivity index (χ4v) is 3.02. The van der Waals surface area contributed by atoms with Crippen LogP contribution in [0.25, 0.3) is 6.08 Å². The van der Waals surface area contributed by atoms with Crippen LogP contribution in [0.1, 0.15) is 22.3 Å². The van der Waals surface area contributed by atoms with Crippen LogP contribution in [0.2, 0.25) is 5.02 Å². The summed E-state index contributed by atoms with van der Waals surface area (Å²) < 4.78 is 13.8. The van der Waals surface area contributed by atoms with Crippen molar-refractivity contribution in [1.29, 1.82) is 5.26 Å². The van der Waals surface area contributed by atoms with Crippen LogP contribution < -0.4 is 5.32 Å². The summed E-state index contributed by atoms with van der Waals surface area (Å²) in [6.45, 7) is 1.79. The zero-order chi connectivity index (χ0) is 20.8. The third kappa shape index (κ3) is 5.10. The van der Waals surface area contributed by atoms with Crippen molar-refractivity contribution in [3.8, 4) is 6.07 Å². The summed E-state index contributed by atoms with van der Waals surface area (Å²) in [4.78, 5) is 12.5. The van der Waals surface area contributed by atoms with E-state index in [-0.39, 0.29) is 11.4 Å². The predicted molar refractivity (Wildman–Crippen MR) is 114 cm³/mol. The maximum atomic E-state index is 13.8. The van der Waals surface area contributed by atoms with Crippen molar-refractivity contribution >= 4 is 29.3 Å². The maximum Gasteiger partial charge on any atom is 0.266 e. The highest BCUT2D eigenvalue weighted by molar-refractivity contribution is 6.31. The van der Waals surface area contributed by atoms with E-state index in [1.54, 1.807) is 55.5 Å². The van der Waals surface area contributed by atoms with E-state index in [1.165, 1.54) is 12.1 Å². The molecule has 0 bridgehead atoms. The number of amides is 1. The summed E-state index contributed by atoms with van der Waals surface area (Å²) in [6.07, 6.45) is 1.98.